The number of hydrogen-bond acceptors (Lipinski definition) is 5. The van der Waals surface area contributed by atoms with Gasteiger partial charge in [-0.25, -0.2) is 0 Å². The minimum Gasteiger partial charge on any atom is -0.507 e. The standard InChI is InChI=1S/C15H17ClN2O3/c1-17-4-6-18(7-5-17)8-11-13(19)3-2-10-14(20)12(16)9-21-15(10)11/h2-3,9,19H,4-8H2,1H3. The van der Waals surface area contributed by atoms with Crippen molar-refractivity contribution < 1.29 is 9.52 Å². The van der Waals surface area contributed by atoms with Gasteiger partial charge < -0.3 is 14.4 Å². The van der Waals surface area contributed by atoms with Gasteiger partial charge in [0, 0.05) is 32.7 Å². The van der Waals surface area contributed by atoms with Gasteiger partial charge in [-0.2, -0.15) is 0 Å². The average Bonchev–Trinajstić information content (AvgIpc) is 2.48. The highest BCUT2D eigenvalue weighted by atomic mass is 35.5. The van der Waals surface area contributed by atoms with E-state index < -0.39 is 0 Å². The van der Waals surface area contributed by atoms with Crippen LogP contribution in [0.15, 0.2) is 27.6 Å². The summed E-state index contributed by atoms with van der Waals surface area (Å²) in [6.07, 6.45) is 1.24. The minimum atomic E-state index is -0.266. The van der Waals surface area contributed by atoms with Crippen LogP contribution >= 0.6 is 11.6 Å². The summed E-state index contributed by atoms with van der Waals surface area (Å²) in [6, 6.07) is 3.08. The fraction of sp³-hybridized carbons (Fsp3) is 0.400. The summed E-state index contributed by atoms with van der Waals surface area (Å²) < 4.78 is 5.47. The molecule has 0 amide bonds. The summed E-state index contributed by atoms with van der Waals surface area (Å²) in [7, 11) is 2.09. The van der Waals surface area contributed by atoms with E-state index in [1.165, 1.54) is 12.3 Å². The Morgan fingerprint density at radius 2 is 2.00 bits per heavy atom. The molecule has 1 N–H and O–H groups in total. The molecule has 1 aliphatic heterocycles. The Morgan fingerprint density at radius 3 is 2.71 bits per heavy atom. The topological polar surface area (TPSA) is 56.9 Å². The molecule has 0 radical (unpaired) electrons. The first-order chi connectivity index (χ1) is 10.1. The molecule has 0 bridgehead atoms. The number of halogens is 1. The molecular weight excluding hydrogens is 292 g/mol. The van der Waals surface area contributed by atoms with Gasteiger partial charge in [0.05, 0.1) is 10.9 Å². The Morgan fingerprint density at radius 1 is 1.29 bits per heavy atom. The molecule has 0 saturated carbocycles. The zero-order valence-electron chi connectivity index (χ0n) is 11.8. The second-order valence-electron chi connectivity index (χ2n) is 5.43. The van der Waals surface area contributed by atoms with Crippen LogP contribution in [-0.2, 0) is 6.54 Å². The maximum atomic E-state index is 12.0. The third kappa shape index (κ3) is 2.77. The smallest absolute Gasteiger partial charge is 0.211 e. The number of hydrogen-bond donors (Lipinski definition) is 1. The predicted octanol–water partition coefficient (Wildman–Crippen LogP) is 1.90. The molecule has 21 heavy (non-hydrogen) atoms. The highest BCUT2D eigenvalue weighted by Gasteiger charge is 2.19. The first kappa shape index (κ1) is 14.4. The molecule has 1 aromatic heterocycles. The van der Waals surface area contributed by atoms with E-state index in [4.69, 9.17) is 16.0 Å². The highest BCUT2D eigenvalue weighted by molar-refractivity contribution is 6.30. The second kappa shape index (κ2) is 5.67. The molecule has 0 spiro atoms. The molecule has 5 nitrogen and oxygen atoms in total. The number of benzene rings is 1. The number of fused-ring (bicyclic) bond motifs is 1. The van der Waals surface area contributed by atoms with Crippen molar-refractivity contribution in [1.29, 1.82) is 0 Å². The lowest BCUT2D eigenvalue weighted by molar-refractivity contribution is 0.147. The van der Waals surface area contributed by atoms with Gasteiger partial charge in [-0.05, 0) is 19.2 Å². The molecule has 6 heteroatoms. The number of likely N-dealkylation sites (N-methyl/N-ethyl adjacent to an activating group) is 1. The van der Waals surface area contributed by atoms with Crippen LogP contribution in [0, 0.1) is 0 Å². The van der Waals surface area contributed by atoms with Crippen molar-refractivity contribution in [3.05, 3.63) is 39.2 Å². The van der Waals surface area contributed by atoms with E-state index >= 15 is 0 Å². The molecule has 1 aromatic carbocycles. The Hall–Kier alpha value is -1.56. The summed E-state index contributed by atoms with van der Waals surface area (Å²) in [5.74, 6) is 0.145. The molecular formula is C15H17ClN2O3. The van der Waals surface area contributed by atoms with Crippen LogP contribution in [0.5, 0.6) is 5.75 Å². The van der Waals surface area contributed by atoms with E-state index in [0.717, 1.165) is 26.2 Å². The Balaban J connectivity index is 1.99. The monoisotopic (exact) mass is 308 g/mol. The van der Waals surface area contributed by atoms with Gasteiger partial charge in [-0.1, -0.05) is 11.6 Å². The summed E-state index contributed by atoms with van der Waals surface area (Å²) >= 11 is 5.80. The SMILES string of the molecule is CN1CCN(Cc2c(O)ccc3c(=O)c(Cl)coc23)CC1. The number of piperazine rings is 1. The van der Waals surface area contributed by atoms with Gasteiger partial charge in [0.1, 0.15) is 22.6 Å². The first-order valence-electron chi connectivity index (χ1n) is 6.89. The second-order valence-corrected chi connectivity index (χ2v) is 5.84. The lowest BCUT2D eigenvalue weighted by atomic mass is 10.1. The summed E-state index contributed by atoms with van der Waals surface area (Å²) in [4.78, 5) is 16.5. The van der Waals surface area contributed by atoms with Crippen molar-refractivity contribution in [3.63, 3.8) is 0 Å². The van der Waals surface area contributed by atoms with Gasteiger partial charge in [0.25, 0.3) is 0 Å². The van der Waals surface area contributed by atoms with Crippen molar-refractivity contribution in [2.24, 2.45) is 0 Å². The molecule has 1 aliphatic rings. The van der Waals surface area contributed by atoms with Crippen molar-refractivity contribution in [2.45, 2.75) is 6.54 Å². The van der Waals surface area contributed by atoms with Crippen molar-refractivity contribution >= 4 is 22.6 Å². The molecule has 1 saturated heterocycles. The van der Waals surface area contributed by atoms with Crippen molar-refractivity contribution in [1.82, 2.24) is 9.80 Å². The van der Waals surface area contributed by atoms with Crippen molar-refractivity contribution in [2.75, 3.05) is 33.2 Å². The highest BCUT2D eigenvalue weighted by Crippen LogP contribution is 2.28. The number of aromatic hydroxyl groups is 1. The molecule has 2 heterocycles. The zero-order valence-corrected chi connectivity index (χ0v) is 12.6. The van der Waals surface area contributed by atoms with Crippen LogP contribution in [0.2, 0.25) is 5.02 Å². The molecule has 112 valence electrons. The maximum absolute atomic E-state index is 12.0. The van der Waals surface area contributed by atoms with Crippen LogP contribution in [-0.4, -0.2) is 48.1 Å². The molecule has 0 unspecified atom stereocenters. The molecule has 0 atom stereocenters. The lowest BCUT2D eigenvalue weighted by Crippen LogP contribution is -2.43. The predicted molar refractivity (Wildman–Crippen MR) is 81.9 cm³/mol. The summed E-state index contributed by atoms with van der Waals surface area (Å²) in [6.45, 7) is 4.37. The van der Waals surface area contributed by atoms with E-state index in [9.17, 15) is 9.90 Å². The first-order valence-corrected chi connectivity index (χ1v) is 7.27. The van der Waals surface area contributed by atoms with Gasteiger partial charge in [0.2, 0.25) is 5.43 Å². The van der Waals surface area contributed by atoms with E-state index in [2.05, 4.69) is 16.8 Å². The quantitative estimate of drug-likeness (QED) is 0.918. The average molecular weight is 309 g/mol. The third-order valence-electron chi connectivity index (χ3n) is 3.96. The van der Waals surface area contributed by atoms with E-state index in [1.54, 1.807) is 6.07 Å². The van der Waals surface area contributed by atoms with E-state index in [-0.39, 0.29) is 16.2 Å². The van der Waals surface area contributed by atoms with Crippen LogP contribution in [0.4, 0.5) is 0 Å². The van der Waals surface area contributed by atoms with Crippen LogP contribution < -0.4 is 5.43 Å². The lowest BCUT2D eigenvalue weighted by Gasteiger charge is -2.32. The Bertz CT molecular complexity index is 721. The molecule has 0 aliphatic carbocycles. The summed E-state index contributed by atoms with van der Waals surface area (Å²) in [5, 5.41) is 10.6. The largest absolute Gasteiger partial charge is 0.507 e. The van der Waals surface area contributed by atoms with Gasteiger partial charge in [-0.3, -0.25) is 9.69 Å². The molecule has 3 rings (SSSR count). The summed E-state index contributed by atoms with van der Waals surface area (Å²) in [5.41, 5.74) is 0.798. The Kier molecular flexibility index (Phi) is 3.89. The number of phenolic OH excluding ortho intramolecular Hbond substituents is 1. The minimum absolute atomic E-state index is 0.0544. The van der Waals surface area contributed by atoms with Gasteiger partial charge >= 0.3 is 0 Å². The zero-order chi connectivity index (χ0) is 15.0. The van der Waals surface area contributed by atoms with E-state index in [1.807, 2.05) is 0 Å². The van der Waals surface area contributed by atoms with Gasteiger partial charge in [0.15, 0.2) is 0 Å². The number of rotatable bonds is 2. The number of phenols is 1. The van der Waals surface area contributed by atoms with Gasteiger partial charge in [-0.15, -0.1) is 0 Å². The van der Waals surface area contributed by atoms with Crippen LogP contribution in [0.3, 0.4) is 0 Å². The molecule has 1 fully saturated rings. The fourth-order valence-electron chi connectivity index (χ4n) is 2.61. The van der Waals surface area contributed by atoms with Crippen LogP contribution in [0.25, 0.3) is 11.0 Å². The van der Waals surface area contributed by atoms with Crippen LogP contribution in [0.1, 0.15) is 5.56 Å². The molecule has 2 aromatic rings. The van der Waals surface area contributed by atoms with Crippen molar-refractivity contribution in [3.8, 4) is 5.75 Å². The number of nitrogens with zero attached hydrogens (tertiary/aromatic N) is 2. The Labute approximate surface area is 127 Å². The van der Waals surface area contributed by atoms with E-state index in [0.29, 0.717) is 23.1 Å². The third-order valence-corrected chi connectivity index (χ3v) is 4.22. The normalized spacial score (nSPS) is 17.4. The fourth-order valence-corrected chi connectivity index (χ4v) is 2.75. The maximum Gasteiger partial charge on any atom is 0.211 e.